The summed E-state index contributed by atoms with van der Waals surface area (Å²) in [5.74, 6) is -3.35. The monoisotopic (exact) mass is 355 g/mol. The third-order valence-electron chi connectivity index (χ3n) is 3.46. The third kappa shape index (κ3) is 4.56. The molecule has 2 aromatic carbocycles. The smallest absolute Gasteiger partial charge is 0.417 e. The van der Waals surface area contributed by atoms with Gasteiger partial charge in [0, 0.05) is 6.42 Å². The van der Waals surface area contributed by atoms with Gasteiger partial charge < -0.3 is 10.4 Å². The predicted octanol–water partition coefficient (Wildman–Crippen LogP) is 3.27. The third-order valence-corrected chi connectivity index (χ3v) is 3.46. The second kappa shape index (κ2) is 7.33. The van der Waals surface area contributed by atoms with E-state index in [4.69, 9.17) is 0 Å². The molecule has 0 bridgehead atoms. The van der Waals surface area contributed by atoms with Crippen LogP contribution in [0.3, 0.4) is 0 Å². The van der Waals surface area contributed by atoms with Crippen LogP contribution in [0.5, 0.6) is 0 Å². The molecule has 132 valence electrons. The Bertz CT molecular complexity index is 789. The van der Waals surface area contributed by atoms with Crippen molar-refractivity contribution in [3.05, 3.63) is 71.0 Å². The average Bonchev–Trinajstić information content (AvgIpc) is 2.55. The number of rotatable bonds is 5. The van der Waals surface area contributed by atoms with Crippen molar-refractivity contribution in [2.75, 3.05) is 0 Å². The number of carbonyl (C=O) groups excluding carboxylic acids is 1. The van der Waals surface area contributed by atoms with Gasteiger partial charge in [0.15, 0.2) is 0 Å². The van der Waals surface area contributed by atoms with E-state index in [1.165, 1.54) is 24.3 Å². The van der Waals surface area contributed by atoms with E-state index in [-0.39, 0.29) is 5.56 Å². The number of carboxylic acids is 1. The first-order valence-electron chi connectivity index (χ1n) is 7.13. The first-order chi connectivity index (χ1) is 11.7. The summed E-state index contributed by atoms with van der Waals surface area (Å²) in [6.07, 6.45) is -5.17. The Balaban J connectivity index is 2.25. The fraction of sp³-hybridized carbons (Fsp3) is 0.176. The number of amides is 1. The fourth-order valence-electron chi connectivity index (χ4n) is 2.25. The van der Waals surface area contributed by atoms with Gasteiger partial charge in [-0.2, -0.15) is 13.2 Å². The molecule has 1 atom stereocenters. The molecule has 0 aliphatic rings. The molecule has 0 saturated heterocycles. The highest BCUT2D eigenvalue weighted by atomic mass is 19.4. The number of alkyl halides is 3. The average molecular weight is 355 g/mol. The van der Waals surface area contributed by atoms with Crippen molar-refractivity contribution in [1.82, 2.24) is 5.32 Å². The van der Waals surface area contributed by atoms with Crippen LogP contribution in [0, 0.1) is 5.82 Å². The van der Waals surface area contributed by atoms with Crippen molar-refractivity contribution in [3.63, 3.8) is 0 Å². The quantitative estimate of drug-likeness (QED) is 0.809. The summed E-state index contributed by atoms with van der Waals surface area (Å²) in [4.78, 5) is 23.4. The minimum absolute atomic E-state index is 0.0271. The summed E-state index contributed by atoms with van der Waals surface area (Å²) in [6.45, 7) is 0. The van der Waals surface area contributed by atoms with Crippen LogP contribution in [0.25, 0.3) is 0 Å². The van der Waals surface area contributed by atoms with Crippen LogP contribution in [0.1, 0.15) is 21.5 Å². The summed E-state index contributed by atoms with van der Waals surface area (Å²) < 4.78 is 52.5. The van der Waals surface area contributed by atoms with Gasteiger partial charge in [-0.05, 0) is 23.8 Å². The highest BCUT2D eigenvalue weighted by molar-refractivity contribution is 5.98. The van der Waals surface area contributed by atoms with Gasteiger partial charge in [0.25, 0.3) is 5.91 Å². The lowest BCUT2D eigenvalue weighted by atomic mass is 10.0. The first kappa shape index (κ1) is 18.4. The van der Waals surface area contributed by atoms with Crippen molar-refractivity contribution in [2.24, 2.45) is 0 Å². The van der Waals surface area contributed by atoms with Gasteiger partial charge in [0.2, 0.25) is 0 Å². The SMILES string of the molecule is O=C(N[C@H](Cc1ccccc1F)C(=O)O)c1ccccc1C(F)(F)F. The van der Waals surface area contributed by atoms with E-state index in [2.05, 4.69) is 0 Å². The second-order valence-electron chi connectivity index (χ2n) is 5.20. The van der Waals surface area contributed by atoms with Gasteiger partial charge in [0.1, 0.15) is 11.9 Å². The van der Waals surface area contributed by atoms with Gasteiger partial charge in [-0.25, -0.2) is 9.18 Å². The van der Waals surface area contributed by atoms with Gasteiger partial charge in [0.05, 0.1) is 11.1 Å². The zero-order valence-corrected chi connectivity index (χ0v) is 12.7. The highest BCUT2D eigenvalue weighted by Crippen LogP contribution is 2.31. The molecule has 8 heteroatoms. The van der Waals surface area contributed by atoms with Crippen molar-refractivity contribution >= 4 is 11.9 Å². The summed E-state index contributed by atoms with van der Waals surface area (Å²) in [5, 5.41) is 11.2. The van der Waals surface area contributed by atoms with Crippen molar-refractivity contribution in [1.29, 1.82) is 0 Å². The fourth-order valence-corrected chi connectivity index (χ4v) is 2.25. The van der Waals surface area contributed by atoms with Crippen LogP contribution in [-0.4, -0.2) is 23.0 Å². The number of hydrogen-bond donors (Lipinski definition) is 2. The molecule has 2 aromatic rings. The van der Waals surface area contributed by atoms with E-state index in [1.807, 2.05) is 5.32 Å². The maximum atomic E-state index is 13.6. The molecule has 0 unspecified atom stereocenters. The van der Waals surface area contributed by atoms with E-state index in [1.54, 1.807) is 0 Å². The Morgan fingerprint density at radius 3 is 2.24 bits per heavy atom. The maximum Gasteiger partial charge on any atom is 0.417 e. The number of aliphatic carboxylic acids is 1. The molecule has 0 saturated carbocycles. The Morgan fingerprint density at radius 1 is 1.04 bits per heavy atom. The molecule has 25 heavy (non-hydrogen) atoms. The van der Waals surface area contributed by atoms with Crippen molar-refractivity contribution in [3.8, 4) is 0 Å². The second-order valence-corrected chi connectivity index (χ2v) is 5.20. The molecule has 2 rings (SSSR count). The summed E-state index contributed by atoms with van der Waals surface area (Å²) >= 11 is 0. The topological polar surface area (TPSA) is 66.4 Å². The molecule has 0 radical (unpaired) electrons. The zero-order valence-electron chi connectivity index (χ0n) is 12.7. The normalized spacial score (nSPS) is 12.5. The van der Waals surface area contributed by atoms with E-state index in [0.717, 1.165) is 24.3 Å². The van der Waals surface area contributed by atoms with Gasteiger partial charge in [-0.3, -0.25) is 4.79 Å². The Morgan fingerprint density at radius 2 is 1.64 bits per heavy atom. The standard InChI is InChI=1S/C17H13F4NO3/c18-13-8-4-1-5-10(13)9-14(16(24)25)22-15(23)11-6-2-3-7-12(11)17(19,20)21/h1-8,14H,9H2,(H,22,23)(H,24,25)/t14-/m1/s1. The molecule has 0 fully saturated rings. The van der Waals surface area contributed by atoms with Gasteiger partial charge >= 0.3 is 12.1 Å². The van der Waals surface area contributed by atoms with Crippen LogP contribution in [0.4, 0.5) is 17.6 Å². The summed E-state index contributed by atoms with van der Waals surface area (Å²) in [7, 11) is 0. The molecular weight excluding hydrogens is 342 g/mol. The Labute approximate surface area is 140 Å². The minimum atomic E-state index is -4.77. The van der Waals surface area contributed by atoms with Crippen LogP contribution < -0.4 is 5.32 Å². The summed E-state index contributed by atoms with van der Waals surface area (Å²) in [5.41, 5.74) is -1.85. The lowest BCUT2D eigenvalue weighted by Crippen LogP contribution is -2.43. The molecule has 2 N–H and O–H groups in total. The number of benzene rings is 2. The van der Waals surface area contributed by atoms with Crippen LogP contribution in [0.2, 0.25) is 0 Å². The molecule has 1 amide bonds. The lowest BCUT2D eigenvalue weighted by molar-refractivity contribution is -0.139. The van der Waals surface area contributed by atoms with E-state index >= 15 is 0 Å². The largest absolute Gasteiger partial charge is 0.480 e. The molecule has 0 aliphatic carbocycles. The zero-order chi connectivity index (χ0) is 18.6. The molecule has 0 aliphatic heterocycles. The van der Waals surface area contributed by atoms with E-state index in [0.29, 0.717) is 0 Å². The van der Waals surface area contributed by atoms with Crippen LogP contribution >= 0.6 is 0 Å². The number of hydrogen-bond acceptors (Lipinski definition) is 2. The minimum Gasteiger partial charge on any atom is -0.480 e. The Kier molecular flexibility index (Phi) is 5.41. The molecular formula is C17H13F4NO3. The molecule has 0 heterocycles. The first-order valence-corrected chi connectivity index (χ1v) is 7.13. The van der Waals surface area contributed by atoms with Gasteiger partial charge in [-0.15, -0.1) is 0 Å². The van der Waals surface area contributed by atoms with Crippen LogP contribution in [0.15, 0.2) is 48.5 Å². The maximum absolute atomic E-state index is 13.6. The number of nitrogens with one attached hydrogen (secondary N) is 1. The van der Waals surface area contributed by atoms with E-state index < -0.39 is 47.5 Å². The van der Waals surface area contributed by atoms with Crippen molar-refractivity contribution in [2.45, 2.75) is 18.6 Å². The number of carboxylic acid groups (broad SMARTS) is 1. The molecule has 0 aromatic heterocycles. The van der Waals surface area contributed by atoms with Gasteiger partial charge in [-0.1, -0.05) is 30.3 Å². The highest BCUT2D eigenvalue weighted by Gasteiger charge is 2.35. The predicted molar refractivity (Wildman–Crippen MR) is 80.4 cm³/mol. The van der Waals surface area contributed by atoms with Crippen LogP contribution in [-0.2, 0) is 17.4 Å². The lowest BCUT2D eigenvalue weighted by Gasteiger charge is -2.17. The summed E-state index contributed by atoms with van der Waals surface area (Å²) in [6, 6.07) is 7.79. The Hall–Kier alpha value is -2.90. The number of carbonyl (C=O) groups is 2. The molecule has 0 spiro atoms. The van der Waals surface area contributed by atoms with Crippen molar-refractivity contribution < 1.29 is 32.3 Å². The number of halogens is 4. The van der Waals surface area contributed by atoms with E-state index in [9.17, 15) is 32.3 Å². The molecule has 4 nitrogen and oxygen atoms in total.